The lowest BCUT2D eigenvalue weighted by Gasteiger charge is -2.20. The Bertz CT molecular complexity index is 455. The number of halogens is 1. The number of fused-ring (bicyclic) bond motifs is 1. The van der Waals surface area contributed by atoms with Crippen LogP contribution in [0.25, 0.3) is 0 Å². The van der Waals surface area contributed by atoms with Crippen LogP contribution in [-0.2, 0) is 12.8 Å². The van der Waals surface area contributed by atoms with Crippen molar-refractivity contribution in [1.29, 1.82) is 0 Å². The zero-order valence-corrected chi connectivity index (χ0v) is 12.5. The Morgan fingerprint density at radius 3 is 2.65 bits per heavy atom. The fraction of sp³-hybridized carbons (Fsp3) is 0.467. The van der Waals surface area contributed by atoms with E-state index in [0.717, 1.165) is 0 Å². The van der Waals surface area contributed by atoms with Crippen molar-refractivity contribution in [2.24, 2.45) is 5.41 Å². The molecule has 0 aromatic heterocycles. The molecule has 17 heavy (non-hydrogen) atoms. The molecule has 2 N–H and O–H groups in total. The molecule has 0 aliphatic heterocycles. The molecule has 1 aliphatic carbocycles. The van der Waals surface area contributed by atoms with Crippen LogP contribution < -0.4 is 5.32 Å². The Morgan fingerprint density at radius 2 is 2.00 bits per heavy atom. The first kappa shape index (κ1) is 12.8. The second-order valence-corrected chi connectivity index (χ2v) is 6.73. The smallest absolute Gasteiger partial charge is 0.152 e. The molecule has 0 heterocycles. The van der Waals surface area contributed by atoms with E-state index in [1.807, 2.05) is 0 Å². The predicted molar refractivity (Wildman–Crippen MR) is 76.3 cm³/mol. The van der Waals surface area contributed by atoms with Crippen LogP contribution in [0, 0.1) is 5.41 Å². The van der Waals surface area contributed by atoms with E-state index >= 15 is 0 Å². The maximum atomic E-state index is 4.21. The van der Waals surface area contributed by atoms with E-state index in [4.69, 9.17) is 0 Å². The third-order valence-corrected chi connectivity index (χ3v) is 4.25. The van der Waals surface area contributed by atoms with Crippen LogP contribution in [0.4, 0.5) is 5.69 Å². The molecule has 1 aromatic rings. The van der Waals surface area contributed by atoms with Crippen LogP contribution in [0.3, 0.4) is 0 Å². The van der Waals surface area contributed by atoms with Crippen LogP contribution in [0.15, 0.2) is 28.9 Å². The second-order valence-electron chi connectivity index (χ2n) is 5.87. The number of rotatable bonds is 2. The molecule has 0 amide bonds. The van der Waals surface area contributed by atoms with Crippen molar-refractivity contribution in [3.63, 3.8) is 0 Å². The monoisotopic (exact) mass is 294 g/mol. The molecule has 0 radical (unpaired) electrons. The molecule has 1 nitrogen and oxygen atoms in total. The molecule has 92 valence electrons. The van der Waals surface area contributed by atoms with Gasteiger partial charge in [-0.2, -0.15) is 0 Å². The Morgan fingerprint density at radius 1 is 1.29 bits per heavy atom. The Kier molecular flexibility index (Phi) is 3.46. The summed E-state index contributed by atoms with van der Waals surface area (Å²) < 4.78 is 1.20. The van der Waals surface area contributed by atoms with Crippen LogP contribution in [0.5, 0.6) is 0 Å². The van der Waals surface area contributed by atoms with E-state index < -0.39 is 0 Å². The Labute approximate surface area is 112 Å². The molecule has 0 saturated heterocycles. The SMILES string of the molecule is C=C([NH2+]c1c(Br)ccc2c1CCC2)C(C)(C)C. The molecular weight excluding hydrogens is 274 g/mol. The van der Waals surface area contributed by atoms with Gasteiger partial charge in [0.2, 0.25) is 0 Å². The molecule has 0 bridgehead atoms. The zero-order chi connectivity index (χ0) is 12.6. The normalized spacial score (nSPS) is 14.8. The minimum absolute atomic E-state index is 0.140. The van der Waals surface area contributed by atoms with E-state index in [1.165, 1.54) is 46.2 Å². The topological polar surface area (TPSA) is 16.6 Å². The Balaban J connectivity index is 2.33. The van der Waals surface area contributed by atoms with Gasteiger partial charge < -0.3 is 0 Å². The number of benzene rings is 1. The van der Waals surface area contributed by atoms with Crippen molar-refractivity contribution in [2.45, 2.75) is 40.0 Å². The average molecular weight is 295 g/mol. The number of nitrogens with two attached hydrogens (primary N) is 1. The molecule has 2 rings (SSSR count). The van der Waals surface area contributed by atoms with E-state index in [-0.39, 0.29) is 5.41 Å². The van der Waals surface area contributed by atoms with Gasteiger partial charge in [-0.3, -0.25) is 5.32 Å². The fourth-order valence-electron chi connectivity index (χ4n) is 2.21. The van der Waals surface area contributed by atoms with Gasteiger partial charge in [-0.15, -0.1) is 0 Å². The van der Waals surface area contributed by atoms with Gasteiger partial charge in [0.05, 0.1) is 4.47 Å². The fourth-order valence-corrected chi connectivity index (χ4v) is 2.70. The summed E-state index contributed by atoms with van der Waals surface area (Å²) >= 11 is 3.67. The summed E-state index contributed by atoms with van der Waals surface area (Å²) in [5.41, 5.74) is 5.71. The lowest BCUT2D eigenvalue weighted by molar-refractivity contribution is -0.530. The molecule has 2 heteroatoms. The highest BCUT2D eigenvalue weighted by Gasteiger charge is 2.25. The van der Waals surface area contributed by atoms with E-state index in [9.17, 15) is 0 Å². The van der Waals surface area contributed by atoms with Crippen molar-refractivity contribution < 1.29 is 5.32 Å². The lowest BCUT2D eigenvalue weighted by Crippen LogP contribution is -2.78. The van der Waals surface area contributed by atoms with Gasteiger partial charge >= 0.3 is 0 Å². The van der Waals surface area contributed by atoms with E-state index in [2.05, 4.69) is 60.7 Å². The molecular formula is C15H21BrN+. The van der Waals surface area contributed by atoms with Gasteiger partial charge in [-0.05, 0) is 53.4 Å². The summed E-state index contributed by atoms with van der Waals surface area (Å²) in [5.74, 6) is 0. The molecule has 0 fully saturated rings. The maximum absolute atomic E-state index is 4.21. The van der Waals surface area contributed by atoms with E-state index in [1.54, 1.807) is 0 Å². The van der Waals surface area contributed by atoms with Gasteiger partial charge in [0.25, 0.3) is 0 Å². The van der Waals surface area contributed by atoms with Gasteiger partial charge in [-0.1, -0.05) is 26.8 Å². The average Bonchev–Trinajstić information content (AvgIpc) is 2.68. The summed E-state index contributed by atoms with van der Waals surface area (Å²) in [7, 11) is 0. The highest BCUT2D eigenvalue weighted by atomic mass is 79.9. The van der Waals surface area contributed by atoms with Gasteiger partial charge in [0, 0.05) is 11.0 Å². The van der Waals surface area contributed by atoms with Crippen LogP contribution >= 0.6 is 15.9 Å². The number of hydrogen-bond donors (Lipinski definition) is 1. The summed E-state index contributed by atoms with van der Waals surface area (Å²) in [4.78, 5) is 0. The molecule has 1 aliphatic rings. The van der Waals surface area contributed by atoms with Gasteiger partial charge in [-0.25, -0.2) is 0 Å². The number of quaternary nitrogens is 1. The number of aryl methyl sites for hydroxylation is 1. The highest BCUT2D eigenvalue weighted by molar-refractivity contribution is 9.10. The third kappa shape index (κ3) is 2.63. The Hall–Kier alpha value is -0.600. The second kappa shape index (κ2) is 4.58. The van der Waals surface area contributed by atoms with Crippen LogP contribution in [-0.4, -0.2) is 0 Å². The molecule has 1 aromatic carbocycles. The highest BCUT2D eigenvalue weighted by Crippen LogP contribution is 2.32. The molecule has 0 atom stereocenters. The quantitative estimate of drug-likeness (QED) is 0.801. The molecule has 0 spiro atoms. The standard InChI is InChI=1S/C15H20BrN/c1-10(15(2,3)4)17-14-12-7-5-6-11(12)8-9-13(14)16/h8-9,17H,1,5-7H2,2-4H3/p+1. The van der Waals surface area contributed by atoms with E-state index in [0.29, 0.717) is 0 Å². The maximum Gasteiger partial charge on any atom is 0.152 e. The number of allylic oxidation sites excluding steroid dienone is 1. The van der Waals surface area contributed by atoms with Crippen molar-refractivity contribution in [1.82, 2.24) is 0 Å². The summed E-state index contributed by atoms with van der Waals surface area (Å²) in [6, 6.07) is 4.43. The van der Waals surface area contributed by atoms with Crippen molar-refractivity contribution >= 4 is 21.6 Å². The van der Waals surface area contributed by atoms with Gasteiger partial charge in [0.15, 0.2) is 5.69 Å². The lowest BCUT2D eigenvalue weighted by atomic mass is 9.92. The first-order chi connectivity index (χ1) is 7.89. The van der Waals surface area contributed by atoms with Crippen LogP contribution in [0.1, 0.15) is 38.3 Å². The molecule has 0 saturated carbocycles. The summed E-state index contributed by atoms with van der Waals surface area (Å²) in [6.07, 6.45) is 3.72. The predicted octanol–water partition coefficient (Wildman–Crippen LogP) is 3.69. The third-order valence-electron chi connectivity index (χ3n) is 3.56. The minimum Gasteiger partial charge on any atom is -0.284 e. The number of hydrogen-bond acceptors (Lipinski definition) is 0. The summed E-state index contributed by atoms with van der Waals surface area (Å²) in [6.45, 7) is 10.8. The minimum atomic E-state index is 0.140. The van der Waals surface area contributed by atoms with Crippen molar-refractivity contribution in [3.8, 4) is 0 Å². The summed E-state index contributed by atoms with van der Waals surface area (Å²) in [5, 5.41) is 2.26. The van der Waals surface area contributed by atoms with Crippen molar-refractivity contribution in [3.05, 3.63) is 40.0 Å². The largest absolute Gasteiger partial charge is 0.284 e. The van der Waals surface area contributed by atoms with Gasteiger partial charge in [0.1, 0.15) is 5.70 Å². The zero-order valence-electron chi connectivity index (χ0n) is 10.9. The van der Waals surface area contributed by atoms with Crippen LogP contribution in [0.2, 0.25) is 0 Å². The first-order valence-electron chi connectivity index (χ1n) is 6.24. The van der Waals surface area contributed by atoms with Crippen molar-refractivity contribution in [2.75, 3.05) is 0 Å². The first-order valence-corrected chi connectivity index (χ1v) is 7.03. The molecule has 0 unspecified atom stereocenters.